The lowest BCUT2D eigenvalue weighted by atomic mass is 10.1. The maximum atomic E-state index is 11.5. The van der Waals surface area contributed by atoms with E-state index in [9.17, 15) is 4.79 Å². The number of rotatable bonds is 6. The molecule has 5 heteroatoms. The fourth-order valence-corrected chi connectivity index (χ4v) is 1.11. The van der Waals surface area contributed by atoms with Crippen molar-refractivity contribution in [2.45, 2.75) is 12.7 Å². The Balaban J connectivity index is 2.25. The number of Topliss-reactive ketones (excluding diaryl/α,β-unsaturated/α-hetero) is 1. The maximum absolute atomic E-state index is 11.5. The molecule has 0 unspecified atom stereocenters. The van der Waals surface area contributed by atoms with E-state index in [0.29, 0.717) is 18.5 Å². The molecule has 1 heterocycles. The highest BCUT2D eigenvalue weighted by molar-refractivity contribution is 5.95. The van der Waals surface area contributed by atoms with E-state index in [1.54, 1.807) is 18.3 Å². The van der Waals surface area contributed by atoms with E-state index in [-0.39, 0.29) is 12.3 Å². The van der Waals surface area contributed by atoms with Crippen molar-refractivity contribution in [2.24, 2.45) is 0 Å². The lowest BCUT2D eigenvalue weighted by Gasteiger charge is -2.05. The maximum Gasteiger partial charge on any atom is 0.165 e. The second-order valence-electron chi connectivity index (χ2n) is 3.10. The first kappa shape index (κ1) is 11.8. The molecule has 0 fully saturated rings. The zero-order chi connectivity index (χ0) is 11.1. The molecule has 15 heavy (non-hydrogen) atoms. The van der Waals surface area contributed by atoms with Gasteiger partial charge in [-0.2, -0.15) is 0 Å². The summed E-state index contributed by atoms with van der Waals surface area (Å²) in [5.74, 6) is -0.0111. The zero-order valence-corrected chi connectivity index (χ0v) is 8.26. The zero-order valence-electron chi connectivity index (χ0n) is 8.26. The molecule has 0 saturated carbocycles. The molecule has 0 aromatic carbocycles. The molecule has 3 N–H and O–H groups in total. The standard InChI is InChI=1S/C10H14N2O3/c13-9(3-5-12-7-10(14)15)8-2-1-4-11-6-8/h1-2,4,6,10,12,14-15H,3,5,7H2. The second kappa shape index (κ2) is 6.23. The van der Waals surface area contributed by atoms with Crippen LogP contribution in [0.5, 0.6) is 0 Å². The van der Waals surface area contributed by atoms with Crippen LogP contribution < -0.4 is 5.32 Å². The number of pyridine rings is 1. The largest absolute Gasteiger partial charge is 0.367 e. The van der Waals surface area contributed by atoms with Crippen LogP contribution in [-0.4, -0.2) is 40.4 Å². The van der Waals surface area contributed by atoms with Crippen LogP contribution in [0, 0.1) is 0 Å². The quantitative estimate of drug-likeness (QED) is 0.337. The van der Waals surface area contributed by atoms with Gasteiger partial charge in [-0.05, 0) is 12.1 Å². The number of aromatic nitrogens is 1. The van der Waals surface area contributed by atoms with Gasteiger partial charge in [0.05, 0.1) is 0 Å². The van der Waals surface area contributed by atoms with Crippen LogP contribution in [0.2, 0.25) is 0 Å². The van der Waals surface area contributed by atoms with E-state index < -0.39 is 6.29 Å². The number of hydrogen-bond donors (Lipinski definition) is 3. The molecule has 82 valence electrons. The second-order valence-corrected chi connectivity index (χ2v) is 3.10. The van der Waals surface area contributed by atoms with Gasteiger partial charge in [-0.1, -0.05) is 0 Å². The molecular weight excluding hydrogens is 196 g/mol. The van der Waals surface area contributed by atoms with Gasteiger partial charge in [0.15, 0.2) is 12.1 Å². The van der Waals surface area contributed by atoms with E-state index in [2.05, 4.69) is 10.3 Å². The number of nitrogens with zero attached hydrogens (tertiary/aromatic N) is 1. The van der Waals surface area contributed by atoms with Crippen LogP contribution in [0.25, 0.3) is 0 Å². The van der Waals surface area contributed by atoms with Gasteiger partial charge in [0.1, 0.15) is 0 Å². The average Bonchev–Trinajstić information content (AvgIpc) is 2.25. The summed E-state index contributed by atoms with van der Waals surface area (Å²) in [5.41, 5.74) is 0.573. The molecule has 0 aliphatic rings. The Labute approximate surface area is 87.8 Å². The summed E-state index contributed by atoms with van der Waals surface area (Å²) in [7, 11) is 0. The van der Waals surface area contributed by atoms with Gasteiger partial charge >= 0.3 is 0 Å². The first-order valence-electron chi connectivity index (χ1n) is 4.70. The number of aliphatic hydroxyl groups excluding tert-OH is 1. The molecule has 1 aromatic rings. The fourth-order valence-electron chi connectivity index (χ4n) is 1.11. The molecule has 0 bridgehead atoms. The number of aliphatic hydroxyl groups is 2. The van der Waals surface area contributed by atoms with E-state index >= 15 is 0 Å². The highest BCUT2D eigenvalue weighted by Gasteiger charge is 2.04. The highest BCUT2D eigenvalue weighted by Crippen LogP contribution is 1.99. The lowest BCUT2D eigenvalue weighted by Crippen LogP contribution is -2.28. The normalized spacial score (nSPS) is 10.6. The van der Waals surface area contributed by atoms with E-state index in [4.69, 9.17) is 10.2 Å². The van der Waals surface area contributed by atoms with Crippen LogP contribution in [0.15, 0.2) is 24.5 Å². The van der Waals surface area contributed by atoms with Gasteiger partial charge in [-0.25, -0.2) is 0 Å². The van der Waals surface area contributed by atoms with Crippen molar-refractivity contribution < 1.29 is 15.0 Å². The third-order valence-corrected chi connectivity index (χ3v) is 1.84. The molecule has 0 saturated heterocycles. The molecule has 0 atom stereocenters. The molecular formula is C10H14N2O3. The minimum absolute atomic E-state index is 0.0111. The number of carbonyl (C=O) groups is 1. The van der Waals surface area contributed by atoms with Gasteiger partial charge in [0, 0.05) is 37.5 Å². The van der Waals surface area contributed by atoms with Crippen molar-refractivity contribution in [3.63, 3.8) is 0 Å². The molecule has 0 radical (unpaired) electrons. The van der Waals surface area contributed by atoms with Gasteiger partial charge in [-0.15, -0.1) is 0 Å². The smallest absolute Gasteiger partial charge is 0.165 e. The first-order valence-corrected chi connectivity index (χ1v) is 4.70. The molecule has 0 spiro atoms. The van der Waals surface area contributed by atoms with Crippen LogP contribution in [0.1, 0.15) is 16.8 Å². The number of ketones is 1. The van der Waals surface area contributed by atoms with E-state index in [1.807, 2.05) is 0 Å². The highest BCUT2D eigenvalue weighted by atomic mass is 16.5. The van der Waals surface area contributed by atoms with Crippen molar-refractivity contribution >= 4 is 5.78 Å². The predicted molar refractivity (Wildman–Crippen MR) is 54.3 cm³/mol. The third-order valence-electron chi connectivity index (χ3n) is 1.84. The Bertz CT molecular complexity index is 301. The predicted octanol–water partition coefficient (Wildman–Crippen LogP) is -0.445. The minimum atomic E-state index is -1.38. The summed E-state index contributed by atoms with van der Waals surface area (Å²) >= 11 is 0. The Morgan fingerprint density at radius 2 is 2.33 bits per heavy atom. The monoisotopic (exact) mass is 210 g/mol. The van der Waals surface area contributed by atoms with Crippen LogP contribution in [0.4, 0.5) is 0 Å². The Hall–Kier alpha value is -1.30. The van der Waals surface area contributed by atoms with Crippen molar-refractivity contribution in [3.8, 4) is 0 Å². The Morgan fingerprint density at radius 1 is 1.53 bits per heavy atom. The topological polar surface area (TPSA) is 82.5 Å². The van der Waals surface area contributed by atoms with Gasteiger partial charge in [0.2, 0.25) is 0 Å². The van der Waals surface area contributed by atoms with Crippen LogP contribution >= 0.6 is 0 Å². The molecule has 1 rings (SSSR count). The van der Waals surface area contributed by atoms with E-state index in [0.717, 1.165) is 0 Å². The molecule has 5 nitrogen and oxygen atoms in total. The molecule has 0 amide bonds. The lowest BCUT2D eigenvalue weighted by molar-refractivity contribution is -0.0370. The molecule has 0 aliphatic heterocycles. The Kier molecular flexibility index (Phi) is 4.89. The van der Waals surface area contributed by atoms with Crippen LogP contribution in [-0.2, 0) is 0 Å². The van der Waals surface area contributed by atoms with Crippen LogP contribution in [0.3, 0.4) is 0 Å². The Morgan fingerprint density at radius 3 is 2.93 bits per heavy atom. The average molecular weight is 210 g/mol. The van der Waals surface area contributed by atoms with E-state index in [1.165, 1.54) is 6.20 Å². The summed E-state index contributed by atoms with van der Waals surface area (Å²) in [6, 6.07) is 3.41. The summed E-state index contributed by atoms with van der Waals surface area (Å²) in [5, 5.41) is 19.8. The minimum Gasteiger partial charge on any atom is -0.367 e. The summed E-state index contributed by atoms with van der Waals surface area (Å²) in [6.45, 7) is 0.492. The van der Waals surface area contributed by atoms with Crippen molar-refractivity contribution in [1.29, 1.82) is 0 Å². The number of nitrogens with one attached hydrogen (secondary N) is 1. The summed E-state index contributed by atoms with van der Waals surface area (Å²) in [4.78, 5) is 15.3. The van der Waals surface area contributed by atoms with Crippen molar-refractivity contribution in [2.75, 3.05) is 13.1 Å². The van der Waals surface area contributed by atoms with Gasteiger partial charge in [-0.3, -0.25) is 9.78 Å². The number of hydrogen-bond acceptors (Lipinski definition) is 5. The molecule has 0 aliphatic carbocycles. The van der Waals surface area contributed by atoms with Gasteiger partial charge in [0.25, 0.3) is 0 Å². The third kappa shape index (κ3) is 4.64. The molecule has 1 aromatic heterocycles. The SMILES string of the molecule is O=C(CCNCC(O)O)c1cccnc1. The summed E-state index contributed by atoms with van der Waals surface area (Å²) in [6.07, 6.45) is 2.07. The number of carbonyl (C=O) groups excluding carboxylic acids is 1. The van der Waals surface area contributed by atoms with Gasteiger partial charge < -0.3 is 15.5 Å². The first-order chi connectivity index (χ1) is 7.20. The van der Waals surface area contributed by atoms with Crippen molar-refractivity contribution in [3.05, 3.63) is 30.1 Å². The fraction of sp³-hybridized carbons (Fsp3) is 0.400. The summed E-state index contributed by atoms with van der Waals surface area (Å²) < 4.78 is 0. The van der Waals surface area contributed by atoms with Crippen molar-refractivity contribution in [1.82, 2.24) is 10.3 Å².